The summed E-state index contributed by atoms with van der Waals surface area (Å²) in [7, 11) is 0. The second kappa shape index (κ2) is 4.85. The molecule has 1 aromatic rings. The molecule has 0 bridgehead atoms. The molecule has 1 aromatic carbocycles. The number of aliphatic imine (C=N–C) groups is 1. The van der Waals surface area contributed by atoms with Crippen LogP contribution in [0.5, 0.6) is 0 Å². The molecule has 1 atom stereocenters. The molecule has 0 spiro atoms. The Bertz CT molecular complexity index is 589. The van der Waals surface area contributed by atoms with Gasteiger partial charge < -0.3 is 14.2 Å². The molecule has 0 unspecified atom stereocenters. The van der Waals surface area contributed by atoms with Crippen LogP contribution in [0.3, 0.4) is 0 Å². The van der Waals surface area contributed by atoms with Crippen LogP contribution in [-0.4, -0.2) is 30.4 Å². The summed E-state index contributed by atoms with van der Waals surface area (Å²) >= 11 is 0. The molecule has 0 amide bonds. The zero-order chi connectivity index (χ0) is 14.2. The van der Waals surface area contributed by atoms with Crippen LogP contribution in [0.4, 0.5) is 0 Å². The average Bonchev–Trinajstić information content (AvgIpc) is 2.95. The van der Waals surface area contributed by atoms with E-state index in [-0.39, 0.29) is 11.8 Å². The van der Waals surface area contributed by atoms with E-state index in [1.54, 1.807) is 6.08 Å². The molecule has 0 N–H and O–H groups in total. The minimum Gasteiger partial charge on any atom is -0.402 e. The smallest absolute Gasteiger partial charge is 0.363 e. The quantitative estimate of drug-likeness (QED) is 0.611. The molecular formula is C15H15NO4. The molecule has 0 saturated carbocycles. The van der Waals surface area contributed by atoms with Crippen molar-refractivity contribution in [3.63, 3.8) is 0 Å². The Labute approximate surface area is 116 Å². The first-order valence-electron chi connectivity index (χ1n) is 6.43. The molecule has 104 valence electrons. The van der Waals surface area contributed by atoms with Crippen molar-refractivity contribution in [3.05, 3.63) is 47.7 Å². The third-order valence-corrected chi connectivity index (χ3v) is 3.02. The van der Waals surface area contributed by atoms with Gasteiger partial charge in [-0.25, -0.2) is 9.79 Å². The predicted octanol–water partition coefficient (Wildman–Crippen LogP) is 2.03. The van der Waals surface area contributed by atoms with Gasteiger partial charge in [0.1, 0.15) is 6.10 Å². The van der Waals surface area contributed by atoms with E-state index in [0.717, 1.165) is 5.56 Å². The van der Waals surface area contributed by atoms with Gasteiger partial charge in [0.05, 0.1) is 6.61 Å². The lowest BCUT2D eigenvalue weighted by atomic mass is 10.2. The Balaban J connectivity index is 1.81. The SMILES string of the molecule is CC1(C)OC[C@H](/C=C2\N=C(c3ccccc3)OC2=O)O1. The van der Waals surface area contributed by atoms with Crippen molar-refractivity contribution in [3.8, 4) is 0 Å². The Morgan fingerprint density at radius 3 is 2.70 bits per heavy atom. The molecule has 1 fully saturated rings. The number of rotatable bonds is 2. The van der Waals surface area contributed by atoms with Crippen LogP contribution in [0.1, 0.15) is 19.4 Å². The summed E-state index contributed by atoms with van der Waals surface area (Å²) < 4.78 is 16.2. The molecule has 5 nitrogen and oxygen atoms in total. The van der Waals surface area contributed by atoms with E-state index in [1.165, 1.54) is 0 Å². The van der Waals surface area contributed by atoms with Gasteiger partial charge in [0.15, 0.2) is 11.5 Å². The van der Waals surface area contributed by atoms with Gasteiger partial charge in [-0.1, -0.05) is 18.2 Å². The Kier molecular flexibility index (Phi) is 3.16. The van der Waals surface area contributed by atoms with Crippen LogP contribution >= 0.6 is 0 Å². The number of carbonyl (C=O) groups excluding carboxylic acids is 1. The second-order valence-corrected chi connectivity index (χ2v) is 5.09. The van der Waals surface area contributed by atoms with E-state index in [4.69, 9.17) is 14.2 Å². The van der Waals surface area contributed by atoms with Crippen molar-refractivity contribution in [2.24, 2.45) is 4.99 Å². The summed E-state index contributed by atoms with van der Waals surface area (Å²) in [6.45, 7) is 4.06. The number of esters is 1. The summed E-state index contributed by atoms with van der Waals surface area (Å²) in [5, 5.41) is 0. The van der Waals surface area contributed by atoms with Crippen molar-refractivity contribution < 1.29 is 19.0 Å². The lowest BCUT2D eigenvalue weighted by molar-refractivity contribution is -0.134. The van der Waals surface area contributed by atoms with E-state index in [0.29, 0.717) is 12.5 Å². The van der Waals surface area contributed by atoms with Crippen LogP contribution in [0.2, 0.25) is 0 Å². The molecule has 3 rings (SSSR count). The van der Waals surface area contributed by atoms with Crippen LogP contribution in [-0.2, 0) is 19.0 Å². The fraction of sp³-hybridized carbons (Fsp3) is 0.333. The Hall–Kier alpha value is -1.98. The molecule has 5 heteroatoms. The number of cyclic esters (lactones) is 1. The lowest BCUT2D eigenvalue weighted by Crippen LogP contribution is -2.21. The van der Waals surface area contributed by atoms with Gasteiger partial charge in [-0.15, -0.1) is 0 Å². The van der Waals surface area contributed by atoms with Gasteiger partial charge >= 0.3 is 5.97 Å². The molecule has 2 aliphatic rings. The van der Waals surface area contributed by atoms with Gasteiger partial charge in [0, 0.05) is 5.56 Å². The summed E-state index contributed by atoms with van der Waals surface area (Å²) in [6.07, 6.45) is 1.36. The van der Waals surface area contributed by atoms with Crippen molar-refractivity contribution in [2.45, 2.75) is 25.7 Å². The first-order chi connectivity index (χ1) is 9.53. The minimum absolute atomic E-state index is 0.259. The van der Waals surface area contributed by atoms with Crippen molar-refractivity contribution in [2.75, 3.05) is 6.61 Å². The third-order valence-electron chi connectivity index (χ3n) is 3.02. The number of hydrogen-bond donors (Lipinski definition) is 0. The molecule has 2 heterocycles. The number of nitrogens with zero attached hydrogens (tertiary/aromatic N) is 1. The number of ether oxygens (including phenoxy) is 3. The van der Waals surface area contributed by atoms with Crippen LogP contribution < -0.4 is 0 Å². The van der Waals surface area contributed by atoms with Gasteiger partial charge in [-0.2, -0.15) is 0 Å². The van der Waals surface area contributed by atoms with E-state index in [9.17, 15) is 4.79 Å². The number of hydrogen-bond acceptors (Lipinski definition) is 5. The maximum absolute atomic E-state index is 11.8. The fourth-order valence-electron chi connectivity index (χ4n) is 2.10. The molecular weight excluding hydrogens is 258 g/mol. The highest BCUT2D eigenvalue weighted by atomic mass is 16.7. The molecule has 0 aromatic heterocycles. The van der Waals surface area contributed by atoms with Crippen molar-refractivity contribution in [1.82, 2.24) is 0 Å². The Morgan fingerprint density at radius 2 is 2.05 bits per heavy atom. The van der Waals surface area contributed by atoms with Gasteiger partial charge in [0.25, 0.3) is 0 Å². The van der Waals surface area contributed by atoms with Gasteiger partial charge in [0.2, 0.25) is 5.90 Å². The number of benzene rings is 1. The lowest BCUT2D eigenvalue weighted by Gasteiger charge is -2.15. The molecule has 1 saturated heterocycles. The fourth-order valence-corrected chi connectivity index (χ4v) is 2.10. The van der Waals surface area contributed by atoms with E-state index in [2.05, 4.69) is 4.99 Å². The maximum atomic E-state index is 11.8. The van der Waals surface area contributed by atoms with Gasteiger partial charge in [-0.3, -0.25) is 0 Å². The monoisotopic (exact) mass is 273 g/mol. The van der Waals surface area contributed by atoms with Crippen LogP contribution in [0, 0.1) is 0 Å². The Morgan fingerprint density at radius 1 is 1.30 bits per heavy atom. The van der Waals surface area contributed by atoms with E-state index < -0.39 is 11.8 Å². The molecule has 0 aliphatic carbocycles. The summed E-state index contributed by atoms with van der Waals surface area (Å²) in [4.78, 5) is 16.0. The summed E-state index contributed by atoms with van der Waals surface area (Å²) in [5.74, 6) is -0.770. The standard InChI is InChI=1S/C15H15NO4/c1-15(2)18-9-11(20-15)8-12-14(17)19-13(16-12)10-6-4-3-5-7-10/h3-8,11H,9H2,1-2H3/b12-8-/t11-/m0/s1. The summed E-state index contributed by atoms with van der Waals surface area (Å²) in [6, 6.07) is 9.30. The maximum Gasteiger partial charge on any atom is 0.363 e. The van der Waals surface area contributed by atoms with Crippen molar-refractivity contribution >= 4 is 11.9 Å². The van der Waals surface area contributed by atoms with Crippen LogP contribution in [0.25, 0.3) is 0 Å². The van der Waals surface area contributed by atoms with Crippen LogP contribution in [0.15, 0.2) is 47.1 Å². The number of carbonyl (C=O) groups is 1. The average molecular weight is 273 g/mol. The normalized spacial score (nSPS) is 26.7. The first kappa shape index (κ1) is 13.0. The highest BCUT2D eigenvalue weighted by Crippen LogP contribution is 2.25. The largest absolute Gasteiger partial charge is 0.402 e. The predicted molar refractivity (Wildman–Crippen MR) is 72.1 cm³/mol. The minimum atomic E-state index is -0.629. The van der Waals surface area contributed by atoms with E-state index >= 15 is 0 Å². The molecule has 0 radical (unpaired) electrons. The topological polar surface area (TPSA) is 57.1 Å². The zero-order valence-electron chi connectivity index (χ0n) is 11.3. The third kappa shape index (κ3) is 2.64. The molecule has 20 heavy (non-hydrogen) atoms. The second-order valence-electron chi connectivity index (χ2n) is 5.09. The zero-order valence-corrected chi connectivity index (χ0v) is 11.3. The van der Waals surface area contributed by atoms with Crippen molar-refractivity contribution in [1.29, 1.82) is 0 Å². The summed E-state index contributed by atoms with van der Waals surface area (Å²) in [5.41, 5.74) is 1.03. The molecule has 2 aliphatic heterocycles. The van der Waals surface area contributed by atoms with E-state index in [1.807, 2.05) is 44.2 Å². The van der Waals surface area contributed by atoms with Gasteiger partial charge in [-0.05, 0) is 32.1 Å². The highest BCUT2D eigenvalue weighted by Gasteiger charge is 2.33. The highest BCUT2D eigenvalue weighted by molar-refractivity contribution is 6.11. The first-order valence-corrected chi connectivity index (χ1v) is 6.43.